The third kappa shape index (κ3) is 4.61. The van der Waals surface area contributed by atoms with E-state index in [4.69, 9.17) is 8.92 Å². The van der Waals surface area contributed by atoms with E-state index in [2.05, 4.69) is 13.8 Å². The molecule has 0 spiro atoms. The van der Waals surface area contributed by atoms with Crippen molar-refractivity contribution in [1.82, 2.24) is 0 Å². The minimum absolute atomic E-state index is 0. The van der Waals surface area contributed by atoms with Crippen molar-refractivity contribution in [2.75, 3.05) is 0 Å². The number of esters is 1. The molecule has 0 bridgehead atoms. The zero-order chi connectivity index (χ0) is 22.8. The molecule has 4 saturated carbocycles. The molecule has 4 fully saturated rings. The van der Waals surface area contributed by atoms with Gasteiger partial charge in [0.1, 0.15) is 11.9 Å². The molecular formula is C23H35NaO7S. The Balaban J connectivity index is 0.00000289. The maximum absolute atomic E-state index is 12.4. The molecule has 0 aliphatic heterocycles. The van der Waals surface area contributed by atoms with E-state index in [9.17, 15) is 22.6 Å². The van der Waals surface area contributed by atoms with Crippen LogP contribution in [0.2, 0.25) is 0 Å². The first-order valence-electron chi connectivity index (χ1n) is 11.7. The minimum Gasteiger partial charge on any atom is -0.726 e. The molecule has 0 aromatic carbocycles. The summed E-state index contributed by atoms with van der Waals surface area (Å²) in [5.41, 5.74) is -0.0605. The molecule has 0 unspecified atom stereocenters. The van der Waals surface area contributed by atoms with Gasteiger partial charge in [0.15, 0.2) is 0 Å². The number of Topliss-reactive ketones (excluding diaryl/α,β-unsaturated/α-hetero) is 1. The van der Waals surface area contributed by atoms with Crippen LogP contribution in [0.5, 0.6) is 0 Å². The molecule has 0 radical (unpaired) electrons. The number of hydrogen-bond acceptors (Lipinski definition) is 7. The molecule has 4 aliphatic carbocycles. The topological polar surface area (TPSA) is 110 Å². The summed E-state index contributed by atoms with van der Waals surface area (Å²) in [7, 11) is -4.74. The molecule has 176 valence electrons. The van der Waals surface area contributed by atoms with Crippen LogP contribution in [-0.4, -0.2) is 36.9 Å². The Morgan fingerprint density at radius 1 is 0.938 bits per heavy atom. The number of ketones is 1. The Labute approximate surface area is 214 Å². The molecule has 0 amide bonds. The van der Waals surface area contributed by atoms with Gasteiger partial charge in [-0.2, -0.15) is 0 Å². The van der Waals surface area contributed by atoms with Crippen LogP contribution < -0.4 is 29.6 Å². The molecular weight excluding hydrogens is 443 g/mol. The van der Waals surface area contributed by atoms with Gasteiger partial charge in [-0.25, -0.2) is 8.42 Å². The summed E-state index contributed by atoms with van der Waals surface area (Å²) in [6, 6.07) is 0. The monoisotopic (exact) mass is 478 g/mol. The molecule has 0 aromatic heterocycles. The summed E-state index contributed by atoms with van der Waals surface area (Å²) in [5, 5.41) is 0. The first-order valence-corrected chi connectivity index (χ1v) is 13.0. The van der Waals surface area contributed by atoms with E-state index in [1.54, 1.807) is 6.92 Å². The van der Waals surface area contributed by atoms with Crippen molar-refractivity contribution in [3.63, 3.8) is 0 Å². The van der Waals surface area contributed by atoms with Crippen LogP contribution in [0, 0.1) is 40.4 Å². The third-order valence-electron chi connectivity index (χ3n) is 9.67. The van der Waals surface area contributed by atoms with Gasteiger partial charge in [0.2, 0.25) is 10.4 Å². The molecule has 0 saturated heterocycles. The van der Waals surface area contributed by atoms with Gasteiger partial charge in [0.05, 0.1) is 6.10 Å². The quantitative estimate of drug-likeness (QED) is 0.252. The van der Waals surface area contributed by atoms with Crippen molar-refractivity contribution in [1.29, 1.82) is 0 Å². The zero-order valence-electron chi connectivity index (χ0n) is 20.0. The van der Waals surface area contributed by atoms with Gasteiger partial charge in [0.25, 0.3) is 0 Å². The number of rotatable bonds is 4. The van der Waals surface area contributed by atoms with E-state index in [-0.39, 0.29) is 76.0 Å². The average molecular weight is 479 g/mol. The SMILES string of the molecule is CC(=O)O[C@@H]1C[C@@H]2C[C@H](OS(=O)(=O)[O-])CC[C@]2(C)[C@H]2CC[C@]3(C)[C@@H](C(C)=O)CC[C@H]3[C@H]12.[Na+]. The van der Waals surface area contributed by atoms with Gasteiger partial charge in [-0.15, -0.1) is 0 Å². The predicted molar refractivity (Wildman–Crippen MR) is 111 cm³/mol. The second-order valence-corrected chi connectivity index (χ2v) is 12.1. The smallest absolute Gasteiger partial charge is 0.726 e. The molecule has 9 atom stereocenters. The molecule has 0 heterocycles. The standard InChI is InChI=1S/C23H36O7S.Na/c1-13(24)17-5-6-18-21-19(8-10-23(17,18)4)22(3)9-7-16(30-31(26,27)28)11-15(22)12-20(21)29-14(2)25;/h15-21H,5-12H2,1-4H3,(H,26,27,28);/q;+1/p-1/t15-,16+,17+,18-,19-,20+,21-,22-,23+;/m0./s1. The Morgan fingerprint density at radius 2 is 1.56 bits per heavy atom. The van der Waals surface area contributed by atoms with Crippen LogP contribution in [0.4, 0.5) is 0 Å². The van der Waals surface area contributed by atoms with Crippen LogP contribution >= 0.6 is 0 Å². The van der Waals surface area contributed by atoms with Crippen LogP contribution in [-0.2, 0) is 28.9 Å². The second-order valence-electron chi connectivity index (χ2n) is 11.1. The number of carbonyl (C=O) groups excluding carboxylic acids is 2. The third-order valence-corrected chi connectivity index (χ3v) is 10.2. The molecule has 4 aliphatic rings. The predicted octanol–water partition coefficient (Wildman–Crippen LogP) is 0.625. The molecule has 4 rings (SSSR count). The zero-order valence-corrected chi connectivity index (χ0v) is 22.8. The van der Waals surface area contributed by atoms with Gasteiger partial charge >= 0.3 is 35.5 Å². The van der Waals surface area contributed by atoms with Gasteiger partial charge in [-0.05, 0) is 86.9 Å². The number of ether oxygens (including phenoxy) is 1. The van der Waals surface area contributed by atoms with Crippen LogP contribution in [0.3, 0.4) is 0 Å². The van der Waals surface area contributed by atoms with Gasteiger partial charge in [-0.1, -0.05) is 13.8 Å². The van der Waals surface area contributed by atoms with E-state index in [1.165, 1.54) is 6.92 Å². The van der Waals surface area contributed by atoms with Crippen molar-refractivity contribution in [3.05, 3.63) is 0 Å². The molecule has 32 heavy (non-hydrogen) atoms. The van der Waals surface area contributed by atoms with Gasteiger partial charge < -0.3 is 9.29 Å². The Hall–Kier alpha value is 0.01000. The average Bonchev–Trinajstić information content (AvgIpc) is 2.98. The minimum atomic E-state index is -4.74. The summed E-state index contributed by atoms with van der Waals surface area (Å²) in [5.74, 6) is 1.09. The molecule has 0 N–H and O–H groups in total. The largest absolute Gasteiger partial charge is 1.00 e. The fourth-order valence-corrected chi connectivity index (χ4v) is 8.92. The Kier molecular flexibility index (Phi) is 7.67. The summed E-state index contributed by atoms with van der Waals surface area (Å²) in [6.07, 6.45) is 5.54. The normalized spacial score (nSPS) is 45.6. The van der Waals surface area contributed by atoms with Crippen molar-refractivity contribution in [2.24, 2.45) is 40.4 Å². The summed E-state index contributed by atoms with van der Waals surface area (Å²) >= 11 is 0. The van der Waals surface area contributed by atoms with Crippen LogP contribution in [0.25, 0.3) is 0 Å². The molecule has 7 nitrogen and oxygen atoms in total. The van der Waals surface area contributed by atoms with E-state index < -0.39 is 16.5 Å². The first-order chi connectivity index (χ1) is 14.3. The number of hydrogen-bond donors (Lipinski definition) is 0. The van der Waals surface area contributed by atoms with Crippen molar-refractivity contribution in [3.8, 4) is 0 Å². The van der Waals surface area contributed by atoms with E-state index in [1.807, 2.05) is 0 Å². The number of fused-ring (bicyclic) bond motifs is 5. The maximum Gasteiger partial charge on any atom is 1.00 e. The Bertz CT molecular complexity index is 860. The van der Waals surface area contributed by atoms with Gasteiger partial charge in [-0.3, -0.25) is 13.8 Å². The molecule has 9 heteroatoms. The molecule has 0 aromatic rings. The summed E-state index contributed by atoms with van der Waals surface area (Å²) < 4.78 is 44.2. The Morgan fingerprint density at radius 3 is 2.16 bits per heavy atom. The van der Waals surface area contributed by atoms with E-state index in [0.29, 0.717) is 31.1 Å². The second kappa shape index (κ2) is 9.23. The van der Waals surface area contributed by atoms with Crippen LogP contribution in [0.15, 0.2) is 0 Å². The fraction of sp³-hybridized carbons (Fsp3) is 0.913. The van der Waals surface area contributed by atoms with Crippen molar-refractivity contribution < 1.29 is 61.0 Å². The van der Waals surface area contributed by atoms with Gasteiger partial charge in [0, 0.05) is 18.8 Å². The fourth-order valence-electron chi connectivity index (χ4n) is 8.42. The summed E-state index contributed by atoms with van der Waals surface area (Å²) in [4.78, 5) is 24.4. The van der Waals surface area contributed by atoms with Crippen molar-refractivity contribution in [2.45, 2.75) is 91.3 Å². The summed E-state index contributed by atoms with van der Waals surface area (Å²) in [6.45, 7) is 7.70. The van der Waals surface area contributed by atoms with E-state index in [0.717, 1.165) is 32.1 Å². The first kappa shape index (κ1) is 26.6. The van der Waals surface area contributed by atoms with E-state index >= 15 is 0 Å². The number of carbonyl (C=O) groups is 2. The van der Waals surface area contributed by atoms with Crippen LogP contribution in [0.1, 0.15) is 79.1 Å². The maximum atomic E-state index is 12.4. The van der Waals surface area contributed by atoms with Crippen molar-refractivity contribution >= 4 is 22.2 Å².